The highest BCUT2D eigenvalue weighted by Crippen LogP contribution is 2.41. The summed E-state index contributed by atoms with van der Waals surface area (Å²) in [5, 5.41) is 10.5. The molecule has 0 aliphatic rings. The van der Waals surface area contributed by atoms with Crippen molar-refractivity contribution in [3.05, 3.63) is 126 Å². The maximum Gasteiger partial charge on any atom is 0.121 e. The van der Waals surface area contributed by atoms with Crippen LogP contribution in [0, 0.1) is 0 Å². The SMILES string of the molecule is CC(C)(O)c1cn(C(c2ccccc2)(c2ccccc2)c2ccccc2)cn1. The summed E-state index contributed by atoms with van der Waals surface area (Å²) in [5.41, 5.74) is 2.42. The van der Waals surface area contributed by atoms with Gasteiger partial charge in [-0.3, -0.25) is 0 Å². The zero-order valence-corrected chi connectivity index (χ0v) is 16.2. The molecule has 0 saturated heterocycles. The van der Waals surface area contributed by atoms with Crippen LogP contribution < -0.4 is 0 Å². The lowest BCUT2D eigenvalue weighted by atomic mass is 9.76. The summed E-state index contributed by atoms with van der Waals surface area (Å²) >= 11 is 0. The van der Waals surface area contributed by atoms with Crippen LogP contribution in [0.2, 0.25) is 0 Å². The Morgan fingerprint density at radius 2 is 1.07 bits per heavy atom. The van der Waals surface area contributed by atoms with Crippen LogP contribution in [-0.4, -0.2) is 14.7 Å². The fourth-order valence-electron chi connectivity index (χ4n) is 3.81. The molecule has 4 aromatic rings. The third kappa shape index (κ3) is 3.04. The Morgan fingerprint density at radius 1 is 0.679 bits per heavy atom. The highest BCUT2D eigenvalue weighted by molar-refractivity contribution is 5.50. The first-order valence-electron chi connectivity index (χ1n) is 9.47. The molecule has 0 aliphatic heterocycles. The summed E-state index contributed by atoms with van der Waals surface area (Å²) in [6.45, 7) is 3.52. The second kappa shape index (κ2) is 7.10. The molecule has 0 unspecified atom stereocenters. The second-order valence-electron chi connectivity index (χ2n) is 7.53. The van der Waals surface area contributed by atoms with Gasteiger partial charge in [-0.1, -0.05) is 91.0 Å². The molecule has 0 spiro atoms. The summed E-state index contributed by atoms with van der Waals surface area (Å²) in [6, 6.07) is 31.3. The largest absolute Gasteiger partial charge is 0.384 e. The Bertz CT molecular complexity index is 935. The van der Waals surface area contributed by atoms with E-state index < -0.39 is 11.1 Å². The van der Waals surface area contributed by atoms with E-state index in [0.717, 1.165) is 16.7 Å². The highest BCUT2D eigenvalue weighted by atomic mass is 16.3. The maximum absolute atomic E-state index is 10.5. The third-order valence-electron chi connectivity index (χ3n) is 5.17. The number of hydrogen-bond acceptors (Lipinski definition) is 2. The molecule has 4 rings (SSSR count). The average Bonchev–Trinajstić information content (AvgIpc) is 3.22. The first kappa shape index (κ1) is 18.2. The number of benzene rings is 3. The lowest BCUT2D eigenvalue weighted by Crippen LogP contribution is -2.37. The Balaban J connectivity index is 2.09. The van der Waals surface area contributed by atoms with E-state index in [9.17, 15) is 5.11 Å². The van der Waals surface area contributed by atoms with Gasteiger partial charge >= 0.3 is 0 Å². The van der Waals surface area contributed by atoms with Crippen LogP contribution in [0.4, 0.5) is 0 Å². The molecule has 140 valence electrons. The molecule has 28 heavy (non-hydrogen) atoms. The minimum Gasteiger partial charge on any atom is -0.384 e. The van der Waals surface area contributed by atoms with E-state index in [1.807, 2.05) is 30.7 Å². The van der Waals surface area contributed by atoms with Crippen molar-refractivity contribution in [1.82, 2.24) is 9.55 Å². The molecule has 3 aromatic carbocycles. The molecule has 0 radical (unpaired) electrons. The molecule has 0 saturated carbocycles. The van der Waals surface area contributed by atoms with E-state index >= 15 is 0 Å². The molecular formula is C25H24N2O. The first-order valence-corrected chi connectivity index (χ1v) is 9.47. The Labute approximate surface area is 165 Å². The van der Waals surface area contributed by atoms with Gasteiger partial charge in [-0.2, -0.15) is 0 Å². The zero-order valence-electron chi connectivity index (χ0n) is 16.2. The molecule has 0 aliphatic carbocycles. The van der Waals surface area contributed by atoms with E-state index in [1.165, 1.54) is 0 Å². The molecule has 1 aromatic heterocycles. The number of aromatic nitrogens is 2. The van der Waals surface area contributed by atoms with Crippen LogP contribution >= 0.6 is 0 Å². The minimum absolute atomic E-state index is 0.597. The molecular weight excluding hydrogens is 344 g/mol. The van der Waals surface area contributed by atoms with Crippen molar-refractivity contribution in [3.63, 3.8) is 0 Å². The summed E-state index contributed by atoms with van der Waals surface area (Å²) in [6.07, 6.45) is 3.77. The van der Waals surface area contributed by atoms with Gasteiger partial charge in [-0.15, -0.1) is 0 Å². The van der Waals surface area contributed by atoms with Crippen molar-refractivity contribution in [2.75, 3.05) is 0 Å². The number of hydrogen-bond donors (Lipinski definition) is 1. The predicted octanol–water partition coefficient (Wildman–Crippen LogP) is 4.95. The van der Waals surface area contributed by atoms with Crippen molar-refractivity contribution in [1.29, 1.82) is 0 Å². The Hall–Kier alpha value is -3.17. The van der Waals surface area contributed by atoms with E-state index in [1.54, 1.807) is 13.8 Å². The summed E-state index contributed by atoms with van der Waals surface area (Å²) in [4.78, 5) is 4.54. The lowest BCUT2D eigenvalue weighted by Gasteiger charge is -2.37. The smallest absolute Gasteiger partial charge is 0.121 e. The van der Waals surface area contributed by atoms with Gasteiger partial charge in [0.15, 0.2) is 0 Å². The highest BCUT2D eigenvalue weighted by Gasteiger charge is 2.39. The van der Waals surface area contributed by atoms with Crippen LogP contribution in [0.5, 0.6) is 0 Å². The van der Waals surface area contributed by atoms with Crippen molar-refractivity contribution >= 4 is 0 Å². The first-order chi connectivity index (χ1) is 13.5. The van der Waals surface area contributed by atoms with Crippen molar-refractivity contribution in [2.45, 2.75) is 25.0 Å². The number of imidazole rings is 1. The molecule has 0 atom stereocenters. The second-order valence-corrected chi connectivity index (χ2v) is 7.53. The summed E-state index contributed by atoms with van der Waals surface area (Å²) in [5.74, 6) is 0. The summed E-state index contributed by atoms with van der Waals surface area (Å²) < 4.78 is 2.11. The standard InChI is InChI=1S/C25H24N2O/c1-24(2,28)23-18-27(19-26-23)25(20-12-6-3-7-13-20,21-14-8-4-9-15-21)22-16-10-5-11-17-22/h3-19,28H,1-2H3. The molecule has 3 heteroatoms. The number of nitrogens with zero attached hydrogens (tertiary/aromatic N) is 2. The van der Waals surface area contributed by atoms with Crippen LogP contribution in [-0.2, 0) is 11.1 Å². The van der Waals surface area contributed by atoms with E-state index in [-0.39, 0.29) is 0 Å². The zero-order chi connectivity index (χ0) is 19.6. The normalized spacial score (nSPS) is 12.1. The number of rotatable bonds is 5. The van der Waals surface area contributed by atoms with Gasteiger partial charge in [-0.25, -0.2) is 4.98 Å². The number of aliphatic hydroxyl groups is 1. The Kier molecular flexibility index (Phi) is 4.62. The minimum atomic E-state index is -1.01. The lowest BCUT2D eigenvalue weighted by molar-refractivity contribution is 0.0741. The van der Waals surface area contributed by atoms with Gasteiger partial charge < -0.3 is 9.67 Å². The monoisotopic (exact) mass is 368 g/mol. The van der Waals surface area contributed by atoms with Crippen LogP contribution in [0.15, 0.2) is 104 Å². The van der Waals surface area contributed by atoms with Gasteiger partial charge in [0.05, 0.1) is 12.0 Å². The molecule has 0 fully saturated rings. The fourth-order valence-corrected chi connectivity index (χ4v) is 3.81. The fraction of sp³-hybridized carbons (Fsp3) is 0.160. The quantitative estimate of drug-likeness (QED) is 0.506. The molecule has 3 nitrogen and oxygen atoms in total. The molecule has 1 heterocycles. The van der Waals surface area contributed by atoms with E-state index in [4.69, 9.17) is 0 Å². The van der Waals surface area contributed by atoms with Crippen molar-refractivity contribution < 1.29 is 5.11 Å². The van der Waals surface area contributed by atoms with Crippen LogP contribution in [0.1, 0.15) is 36.2 Å². The van der Waals surface area contributed by atoms with Gasteiger partial charge in [0.25, 0.3) is 0 Å². The van der Waals surface area contributed by atoms with Gasteiger partial charge in [0.2, 0.25) is 0 Å². The van der Waals surface area contributed by atoms with Crippen molar-refractivity contribution in [3.8, 4) is 0 Å². The molecule has 1 N–H and O–H groups in total. The maximum atomic E-state index is 10.5. The average molecular weight is 368 g/mol. The molecule has 0 bridgehead atoms. The summed E-state index contributed by atoms with van der Waals surface area (Å²) in [7, 11) is 0. The van der Waals surface area contributed by atoms with Crippen molar-refractivity contribution in [2.24, 2.45) is 0 Å². The van der Waals surface area contributed by atoms with Gasteiger partial charge in [0, 0.05) is 6.20 Å². The Morgan fingerprint density at radius 3 is 1.39 bits per heavy atom. The predicted molar refractivity (Wildman–Crippen MR) is 112 cm³/mol. The third-order valence-corrected chi connectivity index (χ3v) is 5.17. The van der Waals surface area contributed by atoms with Crippen LogP contribution in [0.25, 0.3) is 0 Å². The van der Waals surface area contributed by atoms with Crippen LogP contribution in [0.3, 0.4) is 0 Å². The molecule has 0 amide bonds. The van der Waals surface area contributed by atoms with E-state index in [0.29, 0.717) is 5.69 Å². The topological polar surface area (TPSA) is 38.0 Å². The van der Waals surface area contributed by atoms with Gasteiger partial charge in [0.1, 0.15) is 11.1 Å². The van der Waals surface area contributed by atoms with Gasteiger partial charge in [-0.05, 0) is 30.5 Å². The van der Waals surface area contributed by atoms with E-state index in [2.05, 4.69) is 82.3 Å².